The van der Waals surface area contributed by atoms with Crippen LogP contribution in [-0.2, 0) is 22.6 Å². The molecule has 0 spiro atoms. The highest BCUT2D eigenvalue weighted by atomic mass is 16.6. The molecule has 0 aliphatic carbocycles. The molecule has 1 saturated heterocycles. The van der Waals surface area contributed by atoms with Gasteiger partial charge in [0.2, 0.25) is 5.91 Å². The summed E-state index contributed by atoms with van der Waals surface area (Å²) in [6.07, 6.45) is -0.501. The number of hydrogen-bond acceptors (Lipinski definition) is 5. The Balaban J connectivity index is 1.64. The van der Waals surface area contributed by atoms with E-state index in [-0.39, 0.29) is 19.1 Å². The Morgan fingerprint density at radius 3 is 2.41 bits per heavy atom. The standard InChI is InChI=1S/C20H22N2O5/c1-25-16-7-3-5-14(9-16)11-21-19(23)18-13-27-20(24)22(18)12-15-6-4-8-17(10-15)26-2/h3-10,18H,11-13H2,1-2H3,(H,21,23)/t18-/m0/s1. The van der Waals surface area contributed by atoms with E-state index in [1.807, 2.05) is 48.5 Å². The van der Waals surface area contributed by atoms with Crippen LogP contribution in [0.5, 0.6) is 11.5 Å². The molecule has 1 aliphatic heterocycles. The first-order valence-electron chi connectivity index (χ1n) is 8.57. The highest BCUT2D eigenvalue weighted by Gasteiger charge is 2.37. The van der Waals surface area contributed by atoms with Gasteiger partial charge in [-0.15, -0.1) is 0 Å². The van der Waals surface area contributed by atoms with E-state index in [1.54, 1.807) is 14.2 Å². The second-order valence-corrected chi connectivity index (χ2v) is 6.14. The zero-order valence-corrected chi connectivity index (χ0v) is 15.3. The number of ether oxygens (including phenoxy) is 3. The second-order valence-electron chi connectivity index (χ2n) is 6.14. The van der Waals surface area contributed by atoms with Crippen molar-refractivity contribution in [3.63, 3.8) is 0 Å². The number of nitrogens with zero attached hydrogens (tertiary/aromatic N) is 1. The summed E-state index contributed by atoms with van der Waals surface area (Å²) >= 11 is 0. The molecule has 2 amide bonds. The van der Waals surface area contributed by atoms with Crippen LogP contribution in [0.25, 0.3) is 0 Å². The lowest BCUT2D eigenvalue weighted by atomic mass is 10.1. The van der Waals surface area contributed by atoms with Gasteiger partial charge in [-0.05, 0) is 35.4 Å². The van der Waals surface area contributed by atoms with Gasteiger partial charge in [0.15, 0.2) is 0 Å². The number of nitrogens with one attached hydrogen (secondary N) is 1. The largest absolute Gasteiger partial charge is 0.497 e. The molecule has 1 N–H and O–H groups in total. The molecule has 142 valence electrons. The molecule has 0 radical (unpaired) electrons. The van der Waals surface area contributed by atoms with Gasteiger partial charge in [0.1, 0.15) is 24.1 Å². The second kappa shape index (κ2) is 8.44. The molecule has 1 heterocycles. The topological polar surface area (TPSA) is 77.1 Å². The molecule has 2 aromatic carbocycles. The first-order valence-corrected chi connectivity index (χ1v) is 8.57. The third-order valence-electron chi connectivity index (χ3n) is 4.37. The number of carbonyl (C=O) groups excluding carboxylic acids is 2. The maximum Gasteiger partial charge on any atom is 0.410 e. The van der Waals surface area contributed by atoms with Crippen LogP contribution in [0, 0.1) is 0 Å². The summed E-state index contributed by atoms with van der Waals surface area (Å²) in [4.78, 5) is 26.1. The summed E-state index contributed by atoms with van der Waals surface area (Å²) in [6.45, 7) is 0.647. The number of rotatable bonds is 7. The molecule has 7 heteroatoms. The summed E-state index contributed by atoms with van der Waals surface area (Å²) in [5.74, 6) is 1.16. The summed E-state index contributed by atoms with van der Waals surface area (Å²) < 4.78 is 15.5. The zero-order chi connectivity index (χ0) is 19.2. The quantitative estimate of drug-likeness (QED) is 0.810. The summed E-state index contributed by atoms with van der Waals surface area (Å²) in [5.41, 5.74) is 1.77. The van der Waals surface area contributed by atoms with E-state index in [9.17, 15) is 9.59 Å². The zero-order valence-electron chi connectivity index (χ0n) is 15.3. The number of carbonyl (C=O) groups is 2. The SMILES string of the molecule is COc1cccc(CNC(=O)[C@@H]2COC(=O)N2Cc2cccc(OC)c2)c1. The third-order valence-corrected chi connectivity index (χ3v) is 4.37. The number of benzene rings is 2. The Morgan fingerprint density at radius 2 is 1.74 bits per heavy atom. The van der Waals surface area contributed by atoms with Crippen molar-refractivity contribution in [2.24, 2.45) is 0 Å². The van der Waals surface area contributed by atoms with E-state index in [1.165, 1.54) is 4.90 Å². The van der Waals surface area contributed by atoms with Gasteiger partial charge in [-0.1, -0.05) is 24.3 Å². The predicted molar refractivity (Wildman–Crippen MR) is 98.5 cm³/mol. The summed E-state index contributed by atoms with van der Waals surface area (Å²) in [6, 6.07) is 14.1. The molecule has 7 nitrogen and oxygen atoms in total. The van der Waals surface area contributed by atoms with E-state index in [0.29, 0.717) is 12.3 Å². The number of hydrogen-bond donors (Lipinski definition) is 1. The van der Waals surface area contributed by atoms with E-state index in [2.05, 4.69) is 5.32 Å². The average Bonchev–Trinajstić information content (AvgIpc) is 3.07. The van der Waals surface area contributed by atoms with Crippen LogP contribution in [0.3, 0.4) is 0 Å². The maximum atomic E-state index is 12.6. The molecule has 1 aliphatic rings. The normalized spacial score (nSPS) is 16.0. The molecular formula is C20H22N2O5. The minimum atomic E-state index is -0.672. The van der Waals surface area contributed by atoms with E-state index >= 15 is 0 Å². The van der Waals surface area contributed by atoms with Gasteiger partial charge in [0, 0.05) is 6.54 Å². The van der Waals surface area contributed by atoms with Gasteiger partial charge in [-0.25, -0.2) is 4.79 Å². The van der Waals surface area contributed by atoms with Crippen LogP contribution < -0.4 is 14.8 Å². The third kappa shape index (κ3) is 4.49. The summed E-state index contributed by atoms with van der Waals surface area (Å²) in [7, 11) is 3.17. The molecule has 1 atom stereocenters. The minimum Gasteiger partial charge on any atom is -0.497 e. The highest BCUT2D eigenvalue weighted by molar-refractivity contribution is 5.87. The van der Waals surface area contributed by atoms with Crippen LogP contribution in [-0.4, -0.2) is 43.8 Å². The molecule has 0 unspecified atom stereocenters. The average molecular weight is 370 g/mol. The van der Waals surface area contributed by atoms with Gasteiger partial charge in [-0.2, -0.15) is 0 Å². The first kappa shape index (κ1) is 18.6. The van der Waals surface area contributed by atoms with Crippen LogP contribution >= 0.6 is 0 Å². The molecule has 0 bridgehead atoms. The van der Waals surface area contributed by atoms with Crippen molar-refractivity contribution in [2.45, 2.75) is 19.1 Å². The van der Waals surface area contributed by atoms with Crippen molar-refractivity contribution in [3.05, 3.63) is 59.7 Å². The van der Waals surface area contributed by atoms with Gasteiger partial charge >= 0.3 is 6.09 Å². The number of amides is 2. The Labute approximate surface area is 157 Å². The lowest BCUT2D eigenvalue weighted by Gasteiger charge is -2.21. The van der Waals surface area contributed by atoms with Crippen molar-refractivity contribution >= 4 is 12.0 Å². The Morgan fingerprint density at radius 1 is 1.11 bits per heavy atom. The Hall–Kier alpha value is -3.22. The van der Waals surface area contributed by atoms with E-state index in [4.69, 9.17) is 14.2 Å². The fourth-order valence-corrected chi connectivity index (χ4v) is 2.90. The number of methoxy groups -OCH3 is 2. The predicted octanol–water partition coefficient (Wildman–Crippen LogP) is 2.34. The Kier molecular flexibility index (Phi) is 5.80. The fraction of sp³-hybridized carbons (Fsp3) is 0.300. The van der Waals surface area contributed by atoms with Gasteiger partial charge in [0.25, 0.3) is 0 Å². The first-order chi connectivity index (χ1) is 13.1. The molecule has 0 saturated carbocycles. The highest BCUT2D eigenvalue weighted by Crippen LogP contribution is 2.20. The van der Waals surface area contributed by atoms with Gasteiger partial charge in [0.05, 0.1) is 20.8 Å². The van der Waals surface area contributed by atoms with Crippen molar-refractivity contribution in [3.8, 4) is 11.5 Å². The van der Waals surface area contributed by atoms with Crippen molar-refractivity contribution < 1.29 is 23.8 Å². The van der Waals surface area contributed by atoms with Crippen LogP contribution in [0.1, 0.15) is 11.1 Å². The molecule has 2 aromatic rings. The lowest BCUT2D eigenvalue weighted by Crippen LogP contribution is -2.45. The van der Waals surface area contributed by atoms with Crippen LogP contribution in [0.15, 0.2) is 48.5 Å². The Bertz CT molecular complexity index is 824. The van der Waals surface area contributed by atoms with Crippen molar-refractivity contribution in [1.29, 1.82) is 0 Å². The van der Waals surface area contributed by atoms with Crippen LogP contribution in [0.2, 0.25) is 0 Å². The molecule has 27 heavy (non-hydrogen) atoms. The monoisotopic (exact) mass is 370 g/mol. The summed E-state index contributed by atoms with van der Waals surface area (Å²) in [5, 5.41) is 2.86. The van der Waals surface area contributed by atoms with Crippen LogP contribution in [0.4, 0.5) is 4.79 Å². The molecule has 0 aromatic heterocycles. The lowest BCUT2D eigenvalue weighted by molar-refractivity contribution is -0.125. The van der Waals surface area contributed by atoms with E-state index in [0.717, 1.165) is 16.9 Å². The van der Waals surface area contributed by atoms with Crippen molar-refractivity contribution in [1.82, 2.24) is 10.2 Å². The van der Waals surface area contributed by atoms with Gasteiger partial charge in [-0.3, -0.25) is 9.69 Å². The number of cyclic esters (lactones) is 1. The van der Waals surface area contributed by atoms with E-state index < -0.39 is 12.1 Å². The molecule has 1 fully saturated rings. The smallest absolute Gasteiger partial charge is 0.410 e. The fourth-order valence-electron chi connectivity index (χ4n) is 2.90. The maximum absolute atomic E-state index is 12.6. The minimum absolute atomic E-state index is 0.0345. The van der Waals surface area contributed by atoms with Gasteiger partial charge < -0.3 is 19.5 Å². The van der Waals surface area contributed by atoms with Crippen molar-refractivity contribution in [2.75, 3.05) is 20.8 Å². The molecule has 3 rings (SSSR count). The molecular weight excluding hydrogens is 348 g/mol.